The first-order chi connectivity index (χ1) is 14.0. The topological polar surface area (TPSA) is 95.1 Å². The molecule has 2 aromatic carbocycles. The molecule has 0 radical (unpaired) electrons. The summed E-state index contributed by atoms with van der Waals surface area (Å²) in [6, 6.07) is 15.3. The molecule has 0 saturated heterocycles. The van der Waals surface area contributed by atoms with Gasteiger partial charge < -0.3 is 15.9 Å². The van der Waals surface area contributed by atoms with Crippen molar-refractivity contribution in [1.82, 2.24) is 14.9 Å². The molecule has 0 aliphatic heterocycles. The molecule has 1 heterocycles. The first-order valence-electron chi connectivity index (χ1n) is 9.44. The molecule has 1 aromatic heterocycles. The molecule has 0 bridgehead atoms. The second kappa shape index (κ2) is 9.47. The normalized spacial score (nSPS) is 10.9. The fourth-order valence-electron chi connectivity index (χ4n) is 2.72. The minimum Gasteiger partial charge on any atom is -0.494 e. The maximum absolute atomic E-state index is 12.2. The van der Waals surface area contributed by atoms with Crippen LogP contribution >= 0.6 is 11.8 Å². The van der Waals surface area contributed by atoms with Gasteiger partial charge in [-0.05, 0) is 54.8 Å². The van der Waals surface area contributed by atoms with Crippen molar-refractivity contribution in [3.05, 3.63) is 54.1 Å². The maximum atomic E-state index is 12.2. The number of nitrogens with two attached hydrogens (primary N) is 1. The number of hydrogen-bond donors (Lipinski definition) is 2. The van der Waals surface area contributed by atoms with Crippen LogP contribution in [0.2, 0.25) is 0 Å². The number of aromatic nitrogens is 3. The van der Waals surface area contributed by atoms with Crippen molar-refractivity contribution in [2.75, 3.05) is 23.5 Å². The van der Waals surface area contributed by atoms with Gasteiger partial charge in [-0.2, -0.15) is 0 Å². The van der Waals surface area contributed by atoms with E-state index >= 15 is 0 Å². The van der Waals surface area contributed by atoms with Gasteiger partial charge in [-0.1, -0.05) is 37.7 Å². The Labute approximate surface area is 174 Å². The van der Waals surface area contributed by atoms with Crippen LogP contribution in [0, 0.1) is 0 Å². The van der Waals surface area contributed by atoms with Crippen molar-refractivity contribution >= 4 is 23.4 Å². The van der Waals surface area contributed by atoms with E-state index in [0.717, 1.165) is 17.0 Å². The number of benzene rings is 2. The summed E-state index contributed by atoms with van der Waals surface area (Å²) in [7, 11) is 0. The number of hydrogen-bond acceptors (Lipinski definition) is 6. The number of carbonyl (C=O) groups is 1. The molecule has 3 aromatic rings. The fourth-order valence-corrected chi connectivity index (χ4v) is 3.37. The van der Waals surface area contributed by atoms with Crippen LogP contribution in [0.15, 0.2) is 53.7 Å². The Morgan fingerprint density at radius 3 is 2.45 bits per heavy atom. The minimum absolute atomic E-state index is 0.127. The molecule has 152 valence electrons. The number of nitrogens with one attached hydrogen (secondary N) is 1. The number of anilines is 1. The third kappa shape index (κ3) is 5.29. The number of rotatable bonds is 8. The average Bonchev–Trinajstić information content (AvgIpc) is 3.08. The van der Waals surface area contributed by atoms with E-state index in [0.29, 0.717) is 23.5 Å². The summed E-state index contributed by atoms with van der Waals surface area (Å²) in [5.74, 6) is 7.95. The summed E-state index contributed by atoms with van der Waals surface area (Å²) in [5.41, 5.74) is 2.82. The zero-order valence-electron chi connectivity index (χ0n) is 16.8. The van der Waals surface area contributed by atoms with Gasteiger partial charge in [-0.3, -0.25) is 4.79 Å². The van der Waals surface area contributed by atoms with E-state index in [-0.39, 0.29) is 11.7 Å². The maximum Gasteiger partial charge on any atom is 0.234 e. The zero-order valence-corrected chi connectivity index (χ0v) is 17.6. The minimum atomic E-state index is -0.127. The van der Waals surface area contributed by atoms with Crippen LogP contribution in [0.3, 0.4) is 0 Å². The molecule has 29 heavy (non-hydrogen) atoms. The lowest BCUT2D eigenvalue weighted by Gasteiger charge is -2.08. The monoisotopic (exact) mass is 411 g/mol. The quantitative estimate of drug-likeness (QED) is 0.431. The van der Waals surface area contributed by atoms with E-state index in [2.05, 4.69) is 29.4 Å². The Hall–Kier alpha value is -3.00. The lowest BCUT2D eigenvalue weighted by molar-refractivity contribution is -0.113. The largest absolute Gasteiger partial charge is 0.494 e. The smallest absolute Gasteiger partial charge is 0.234 e. The first kappa shape index (κ1) is 20.7. The van der Waals surface area contributed by atoms with Crippen molar-refractivity contribution in [1.29, 1.82) is 0 Å². The summed E-state index contributed by atoms with van der Waals surface area (Å²) in [6.07, 6.45) is 0. The van der Waals surface area contributed by atoms with E-state index < -0.39 is 0 Å². The van der Waals surface area contributed by atoms with E-state index in [1.165, 1.54) is 22.0 Å². The van der Waals surface area contributed by atoms with E-state index in [1.54, 1.807) is 0 Å². The number of nitrogen functional groups attached to an aromatic ring is 1. The van der Waals surface area contributed by atoms with Crippen LogP contribution in [0.5, 0.6) is 5.75 Å². The highest BCUT2D eigenvalue weighted by Crippen LogP contribution is 2.24. The van der Waals surface area contributed by atoms with Gasteiger partial charge in [0.1, 0.15) is 5.75 Å². The lowest BCUT2D eigenvalue weighted by Crippen LogP contribution is -2.16. The number of thioether (sulfide) groups is 1. The van der Waals surface area contributed by atoms with Gasteiger partial charge in [0.05, 0.1) is 12.4 Å². The molecule has 1 amide bonds. The molecule has 3 rings (SSSR count). The molecular weight excluding hydrogens is 386 g/mol. The van der Waals surface area contributed by atoms with Gasteiger partial charge in [-0.15, -0.1) is 10.2 Å². The Morgan fingerprint density at radius 1 is 1.14 bits per heavy atom. The highest BCUT2D eigenvalue weighted by atomic mass is 32.2. The third-order valence-electron chi connectivity index (χ3n) is 4.28. The summed E-state index contributed by atoms with van der Waals surface area (Å²) in [4.78, 5) is 12.2. The van der Waals surface area contributed by atoms with Gasteiger partial charge in [0.2, 0.25) is 11.1 Å². The number of amides is 1. The van der Waals surface area contributed by atoms with Gasteiger partial charge in [0.15, 0.2) is 5.82 Å². The van der Waals surface area contributed by atoms with Gasteiger partial charge >= 0.3 is 0 Å². The van der Waals surface area contributed by atoms with Crippen LogP contribution < -0.4 is 15.9 Å². The van der Waals surface area contributed by atoms with Crippen LogP contribution in [0.4, 0.5) is 5.69 Å². The Morgan fingerprint density at radius 2 is 1.83 bits per heavy atom. The average molecular weight is 412 g/mol. The predicted molar refractivity (Wildman–Crippen MR) is 117 cm³/mol. The molecule has 0 spiro atoms. The van der Waals surface area contributed by atoms with Crippen molar-refractivity contribution in [2.24, 2.45) is 0 Å². The number of ether oxygens (including phenoxy) is 1. The molecule has 0 atom stereocenters. The summed E-state index contributed by atoms with van der Waals surface area (Å²) >= 11 is 1.24. The van der Waals surface area contributed by atoms with Gasteiger partial charge in [-0.25, -0.2) is 4.68 Å². The second-order valence-corrected chi connectivity index (χ2v) is 7.69. The van der Waals surface area contributed by atoms with Gasteiger partial charge in [0, 0.05) is 11.3 Å². The van der Waals surface area contributed by atoms with Crippen LogP contribution in [-0.2, 0) is 4.79 Å². The lowest BCUT2D eigenvalue weighted by atomic mass is 10.0. The summed E-state index contributed by atoms with van der Waals surface area (Å²) < 4.78 is 6.84. The van der Waals surface area contributed by atoms with Crippen molar-refractivity contribution in [3.63, 3.8) is 0 Å². The van der Waals surface area contributed by atoms with Crippen LogP contribution in [0.1, 0.15) is 32.3 Å². The summed E-state index contributed by atoms with van der Waals surface area (Å²) in [6.45, 7) is 6.81. The molecule has 3 N–H and O–H groups in total. The van der Waals surface area contributed by atoms with Crippen molar-refractivity contribution < 1.29 is 9.53 Å². The number of nitrogens with zero attached hydrogens (tertiary/aromatic N) is 3. The third-order valence-corrected chi connectivity index (χ3v) is 5.22. The number of carbonyl (C=O) groups excluding carboxylic acids is 1. The second-order valence-electron chi connectivity index (χ2n) is 6.75. The van der Waals surface area contributed by atoms with E-state index in [4.69, 9.17) is 10.6 Å². The highest BCUT2D eigenvalue weighted by Gasteiger charge is 2.14. The highest BCUT2D eigenvalue weighted by molar-refractivity contribution is 7.99. The SMILES string of the molecule is CCOc1ccc(-c2nnc(SCC(=O)Nc3ccc(C(C)C)cc3)n2N)cc1. The molecule has 0 aliphatic carbocycles. The molecule has 8 heteroatoms. The van der Waals surface area contributed by atoms with E-state index in [1.807, 2.05) is 55.5 Å². The van der Waals surface area contributed by atoms with Crippen LogP contribution in [-0.4, -0.2) is 33.1 Å². The van der Waals surface area contributed by atoms with Crippen molar-refractivity contribution in [3.8, 4) is 17.1 Å². The zero-order chi connectivity index (χ0) is 20.8. The molecule has 7 nitrogen and oxygen atoms in total. The Kier molecular flexibility index (Phi) is 6.77. The Balaban J connectivity index is 1.59. The first-order valence-corrected chi connectivity index (χ1v) is 10.4. The predicted octanol–water partition coefficient (Wildman–Crippen LogP) is 3.91. The standard InChI is InChI=1S/C21H25N5O2S/c1-4-28-18-11-7-16(8-12-18)20-24-25-21(26(20)22)29-13-19(27)23-17-9-5-15(6-10-17)14(2)3/h5-12,14H,4,13,22H2,1-3H3,(H,23,27). The molecular formula is C21H25N5O2S. The molecule has 0 unspecified atom stereocenters. The molecule has 0 saturated carbocycles. The van der Waals surface area contributed by atoms with Gasteiger partial charge in [0.25, 0.3) is 0 Å². The van der Waals surface area contributed by atoms with Crippen molar-refractivity contribution in [2.45, 2.75) is 31.8 Å². The van der Waals surface area contributed by atoms with Crippen LogP contribution in [0.25, 0.3) is 11.4 Å². The molecule has 0 fully saturated rings. The summed E-state index contributed by atoms with van der Waals surface area (Å²) in [5, 5.41) is 11.6. The molecule has 0 aliphatic rings. The fraction of sp³-hybridized carbons (Fsp3) is 0.286. The Bertz CT molecular complexity index is 952. The van der Waals surface area contributed by atoms with E-state index in [9.17, 15) is 4.79 Å².